The molecule has 0 aromatic carbocycles. The molecule has 1 heterocycles. The van der Waals surface area contributed by atoms with E-state index in [1.165, 1.54) is 7.11 Å². The molecule has 1 unspecified atom stereocenters. The van der Waals surface area contributed by atoms with Crippen molar-refractivity contribution in [3.8, 4) is 0 Å². The predicted octanol–water partition coefficient (Wildman–Crippen LogP) is 0.577. The van der Waals surface area contributed by atoms with Crippen molar-refractivity contribution >= 4 is 11.9 Å². The van der Waals surface area contributed by atoms with E-state index in [0.717, 1.165) is 19.3 Å². The number of hydrogen-bond donors (Lipinski definition) is 0. The van der Waals surface area contributed by atoms with Crippen LogP contribution in [0.2, 0.25) is 0 Å². The SMILES string of the molecule is COC(=O)C1CCN(C(=O)C2(OC)CCC2)C1. The van der Waals surface area contributed by atoms with Crippen molar-refractivity contribution in [2.24, 2.45) is 5.92 Å². The maximum atomic E-state index is 12.3. The zero-order chi connectivity index (χ0) is 12.5. The molecule has 1 atom stereocenters. The first-order valence-electron chi connectivity index (χ1n) is 6.05. The lowest BCUT2D eigenvalue weighted by atomic mass is 9.79. The molecule has 0 spiro atoms. The fraction of sp³-hybridized carbons (Fsp3) is 0.833. The van der Waals surface area contributed by atoms with Gasteiger partial charge in [0.05, 0.1) is 13.0 Å². The number of carbonyl (C=O) groups excluding carboxylic acids is 2. The van der Waals surface area contributed by atoms with Gasteiger partial charge in [0.25, 0.3) is 5.91 Å². The van der Waals surface area contributed by atoms with Crippen molar-refractivity contribution in [1.82, 2.24) is 4.90 Å². The van der Waals surface area contributed by atoms with Crippen molar-refractivity contribution < 1.29 is 19.1 Å². The molecule has 0 aromatic rings. The number of ether oxygens (including phenoxy) is 2. The van der Waals surface area contributed by atoms with Gasteiger partial charge in [-0.2, -0.15) is 0 Å². The summed E-state index contributed by atoms with van der Waals surface area (Å²) >= 11 is 0. The maximum absolute atomic E-state index is 12.3. The molecule has 0 aromatic heterocycles. The summed E-state index contributed by atoms with van der Waals surface area (Å²) in [6.07, 6.45) is 3.31. The van der Waals surface area contributed by atoms with E-state index in [0.29, 0.717) is 19.5 Å². The van der Waals surface area contributed by atoms with E-state index in [1.54, 1.807) is 12.0 Å². The molecule has 17 heavy (non-hydrogen) atoms. The number of esters is 1. The molecule has 5 heteroatoms. The smallest absolute Gasteiger partial charge is 0.310 e. The number of methoxy groups -OCH3 is 2. The Morgan fingerprint density at radius 3 is 2.47 bits per heavy atom. The first-order chi connectivity index (χ1) is 8.13. The Bertz CT molecular complexity index is 319. The Hall–Kier alpha value is -1.10. The highest BCUT2D eigenvalue weighted by Crippen LogP contribution is 2.37. The standard InChI is InChI=1S/C12H19NO4/c1-16-10(14)9-4-7-13(8-9)11(15)12(17-2)5-3-6-12/h9H,3-8H2,1-2H3. The number of likely N-dealkylation sites (tertiary alicyclic amines) is 1. The molecule has 2 rings (SSSR count). The average molecular weight is 241 g/mol. The molecule has 2 fully saturated rings. The van der Waals surface area contributed by atoms with Crippen LogP contribution in [0.4, 0.5) is 0 Å². The molecule has 0 radical (unpaired) electrons. The second-order valence-electron chi connectivity index (χ2n) is 4.81. The van der Waals surface area contributed by atoms with Crippen LogP contribution in [0, 0.1) is 5.92 Å². The summed E-state index contributed by atoms with van der Waals surface area (Å²) in [7, 11) is 2.97. The van der Waals surface area contributed by atoms with E-state index < -0.39 is 5.60 Å². The lowest BCUT2D eigenvalue weighted by Crippen LogP contribution is -2.54. The molecular formula is C12H19NO4. The Morgan fingerprint density at radius 2 is 2.00 bits per heavy atom. The molecule has 1 saturated heterocycles. The lowest BCUT2D eigenvalue weighted by Gasteiger charge is -2.41. The van der Waals surface area contributed by atoms with Crippen molar-refractivity contribution in [1.29, 1.82) is 0 Å². The summed E-state index contributed by atoms with van der Waals surface area (Å²) in [6.45, 7) is 1.10. The van der Waals surface area contributed by atoms with Crippen LogP contribution in [-0.4, -0.2) is 49.7 Å². The first kappa shape index (κ1) is 12.4. The van der Waals surface area contributed by atoms with E-state index in [4.69, 9.17) is 9.47 Å². The summed E-state index contributed by atoms with van der Waals surface area (Å²) in [4.78, 5) is 25.4. The van der Waals surface area contributed by atoms with E-state index in [-0.39, 0.29) is 17.8 Å². The van der Waals surface area contributed by atoms with Crippen LogP contribution in [0.25, 0.3) is 0 Å². The van der Waals surface area contributed by atoms with Crippen LogP contribution < -0.4 is 0 Å². The Morgan fingerprint density at radius 1 is 1.29 bits per heavy atom. The van der Waals surface area contributed by atoms with Gasteiger partial charge in [-0.15, -0.1) is 0 Å². The minimum absolute atomic E-state index is 0.0395. The van der Waals surface area contributed by atoms with Gasteiger partial charge in [0, 0.05) is 20.2 Å². The average Bonchev–Trinajstić information content (AvgIpc) is 2.76. The van der Waals surface area contributed by atoms with Gasteiger partial charge in [0.1, 0.15) is 5.60 Å². The molecule has 1 saturated carbocycles. The molecular weight excluding hydrogens is 222 g/mol. The van der Waals surface area contributed by atoms with Crippen LogP contribution in [0.15, 0.2) is 0 Å². The molecule has 0 N–H and O–H groups in total. The Kier molecular flexibility index (Phi) is 3.38. The lowest BCUT2D eigenvalue weighted by molar-refractivity contribution is -0.165. The molecule has 1 amide bonds. The number of amides is 1. The van der Waals surface area contributed by atoms with Gasteiger partial charge in [0.15, 0.2) is 0 Å². The van der Waals surface area contributed by atoms with Crippen molar-refractivity contribution in [3.63, 3.8) is 0 Å². The Balaban J connectivity index is 1.96. The van der Waals surface area contributed by atoms with Gasteiger partial charge in [-0.1, -0.05) is 0 Å². The number of hydrogen-bond acceptors (Lipinski definition) is 4. The summed E-state index contributed by atoms with van der Waals surface area (Å²) in [5.41, 5.74) is -0.606. The van der Waals surface area contributed by atoms with Gasteiger partial charge in [-0.3, -0.25) is 9.59 Å². The Labute approximate surface area is 101 Å². The van der Waals surface area contributed by atoms with Crippen LogP contribution in [-0.2, 0) is 19.1 Å². The summed E-state index contributed by atoms with van der Waals surface area (Å²) < 4.78 is 10.1. The van der Waals surface area contributed by atoms with Crippen LogP contribution in [0.3, 0.4) is 0 Å². The molecule has 5 nitrogen and oxygen atoms in total. The molecule has 2 aliphatic rings. The minimum Gasteiger partial charge on any atom is -0.469 e. The fourth-order valence-electron chi connectivity index (χ4n) is 2.60. The third-order valence-corrected chi connectivity index (χ3v) is 3.95. The van der Waals surface area contributed by atoms with Gasteiger partial charge in [0.2, 0.25) is 0 Å². The zero-order valence-electron chi connectivity index (χ0n) is 10.4. The topological polar surface area (TPSA) is 55.8 Å². The summed E-state index contributed by atoms with van der Waals surface area (Å²) in [5.74, 6) is -0.351. The van der Waals surface area contributed by atoms with E-state index in [2.05, 4.69) is 0 Å². The quantitative estimate of drug-likeness (QED) is 0.678. The van der Waals surface area contributed by atoms with Crippen molar-refractivity contribution in [2.75, 3.05) is 27.3 Å². The highest BCUT2D eigenvalue weighted by Gasteiger charge is 2.48. The molecule has 0 bridgehead atoms. The molecule has 1 aliphatic heterocycles. The summed E-state index contributed by atoms with van der Waals surface area (Å²) in [5, 5.41) is 0. The van der Waals surface area contributed by atoms with Crippen molar-refractivity contribution in [3.05, 3.63) is 0 Å². The minimum atomic E-state index is -0.606. The van der Waals surface area contributed by atoms with Gasteiger partial charge >= 0.3 is 5.97 Å². The number of rotatable bonds is 3. The third kappa shape index (κ3) is 2.04. The van der Waals surface area contributed by atoms with Crippen LogP contribution in [0.1, 0.15) is 25.7 Å². The van der Waals surface area contributed by atoms with Crippen molar-refractivity contribution in [2.45, 2.75) is 31.3 Å². The highest BCUT2D eigenvalue weighted by atomic mass is 16.5. The summed E-state index contributed by atoms with van der Waals surface area (Å²) in [6, 6.07) is 0. The van der Waals surface area contributed by atoms with Gasteiger partial charge < -0.3 is 14.4 Å². The van der Waals surface area contributed by atoms with E-state index in [1.807, 2.05) is 0 Å². The van der Waals surface area contributed by atoms with E-state index in [9.17, 15) is 9.59 Å². The maximum Gasteiger partial charge on any atom is 0.310 e. The number of carbonyl (C=O) groups is 2. The van der Waals surface area contributed by atoms with Gasteiger partial charge in [-0.05, 0) is 25.7 Å². The normalized spacial score (nSPS) is 26.5. The number of nitrogens with zero attached hydrogens (tertiary/aromatic N) is 1. The zero-order valence-corrected chi connectivity index (χ0v) is 10.4. The molecule has 96 valence electrons. The second kappa shape index (κ2) is 4.64. The highest BCUT2D eigenvalue weighted by molar-refractivity contribution is 5.87. The van der Waals surface area contributed by atoms with E-state index >= 15 is 0 Å². The predicted molar refractivity (Wildman–Crippen MR) is 60.3 cm³/mol. The monoisotopic (exact) mass is 241 g/mol. The largest absolute Gasteiger partial charge is 0.469 e. The first-order valence-corrected chi connectivity index (χ1v) is 6.05. The fourth-order valence-corrected chi connectivity index (χ4v) is 2.60. The third-order valence-electron chi connectivity index (χ3n) is 3.95. The van der Waals surface area contributed by atoms with Gasteiger partial charge in [-0.25, -0.2) is 0 Å². The van der Waals surface area contributed by atoms with Crippen LogP contribution in [0.5, 0.6) is 0 Å². The molecule has 1 aliphatic carbocycles. The second-order valence-corrected chi connectivity index (χ2v) is 4.81. The van der Waals surface area contributed by atoms with Crippen LogP contribution >= 0.6 is 0 Å².